The molecular weight excluding hydrogens is 293 g/mol. The Bertz CT molecular complexity index is 437. The molecule has 0 aromatic heterocycles. The molecule has 1 aliphatic rings. The summed E-state index contributed by atoms with van der Waals surface area (Å²) in [6.07, 6.45) is -4.87. The molecule has 1 unspecified atom stereocenters. The third-order valence-corrected chi connectivity index (χ3v) is 3.19. The van der Waals surface area contributed by atoms with E-state index < -0.39 is 42.5 Å². The van der Waals surface area contributed by atoms with Crippen LogP contribution < -0.4 is 5.32 Å². The van der Waals surface area contributed by atoms with Crippen molar-refractivity contribution in [3.8, 4) is 0 Å². The van der Waals surface area contributed by atoms with Gasteiger partial charge in [-0.15, -0.1) is 0 Å². The summed E-state index contributed by atoms with van der Waals surface area (Å²) in [4.78, 5) is 34.9. The molecule has 0 radical (unpaired) electrons. The van der Waals surface area contributed by atoms with E-state index in [4.69, 9.17) is 5.11 Å². The van der Waals surface area contributed by atoms with Crippen molar-refractivity contribution in [2.24, 2.45) is 11.8 Å². The molecule has 21 heavy (non-hydrogen) atoms. The fraction of sp³-hybridized carbons (Fsp3) is 0.750. The lowest BCUT2D eigenvalue weighted by molar-refractivity contribution is -0.157. The molecule has 1 heterocycles. The zero-order chi connectivity index (χ0) is 16.4. The van der Waals surface area contributed by atoms with Crippen LogP contribution in [0.2, 0.25) is 0 Å². The van der Waals surface area contributed by atoms with Gasteiger partial charge in [0.2, 0.25) is 11.8 Å². The Morgan fingerprint density at radius 1 is 1.43 bits per heavy atom. The number of carbonyl (C=O) groups excluding carboxylic acids is 2. The lowest BCUT2D eigenvalue weighted by Gasteiger charge is -2.21. The first-order valence-electron chi connectivity index (χ1n) is 6.39. The lowest BCUT2D eigenvalue weighted by atomic mass is 10.0. The van der Waals surface area contributed by atoms with Gasteiger partial charge in [0, 0.05) is 13.0 Å². The van der Waals surface area contributed by atoms with Crippen molar-refractivity contribution in [2.75, 3.05) is 13.1 Å². The van der Waals surface area contributed by atoms with Crippen LogP contribution in [0.5, 0.6) is 0 Å². The van der Waals surface area contributed by atoms with Crippen molar-refractivity contribution in [1.82, 2.24) is 10.2 Å². The van der Waals surface area contributed by atoms with Gasteiger partial charge in [0.05, 0.1) is 5.92 Å². The van der Waals surface area contributed by atoms with Crippen LogP contribution in [0.25, 0.3) is 0 Å². The number of aliphatic carboxylic acids is 1. The van der Waals surface area contributed by atoms with Crippen LogP contribution in [0.3, 0.4) is 0 Å². The second-order valence-electron chi connectivity index (χ2n) is 5.36. The summed E-state index contributed by atoms with van der Waals surface area (Å²) in [5.41, 5.74) is 0. The van der Waals surface area contributed by atoms with E-state index in [0.29, 0.717) is 4.90 Å². The molecule has 1 rings (SSSR count). The van der Waals surface area contributed by atoms with Crippen LogP contribution in [-0.2, 0) is 14.4 Å². The van der Waals surface area contributed by atoms with E-state index in [2.05, 4.69) is 5.32 Å². The van der Waals surface area contributed by atoms with E-state index in [1.54, 1.807) is 13.8 Å². The Labute approximate surface area is 119 Å². The fourth-order valence-corrected chi connectivity index (χ4v) is 2.10. The second-order valence-corrected chi connectivity index (χ2v) is 5.36. The number of likely N-dealkylation sites (tertiary alicyclic amines) is 1. The molecule has 0 spiro atoms. The van der Waals surface area contributed by atoms with Crippen molar-refractivity contribution in [2.45, 2.75) is 32.5 Å². The third-order valence-electron chi connectivity index (χ3n) is 3.19. The van der Waals surface area contributed by atoms with Gasteiger partial charge in [-0.1, -0.05) is 13.8 Å². The van der Waals surface area contributed by atoms with Gasteiger partial charge >= 0.3 is 12.1 Å². The summed E-state index contributed by atoms with van der Waals surface area (Å²) in [5.74, 6) is -4.04. The molecule has 0 bridgehead atoms. The molecule has 0 saturated carbocycles. The molecule has 0 aliphatic carbocycles. The van der Waals surface area contributed by atoms with E-state index in [0.717, 1.165) is 0 Å². The maximum absolute atomic E-state index is 12.3. The first kappa shape index (κ1) is 17.3. The number of rotatable bonds is 5. The number of nitrogens with zero attached hydrogens (tertiary/aromatic N) is 1. The molecule has 2 atom stereocenters. The summed E-state index contributed by atoms with van der Waals surface area (Å²) >= 11 is 0. The average Bonchev–Trinajstić information content (AvgIpc) is 2.64. The summed E-state index contributed by atoms with van der Waals surface area (Å²) in [6.45, 7) is 1.43. The fourth-order valence-electron chi connectivity index (χ4n) is 2.10. The maximum Gasteiger partial charge on any atom is 0.406 e. The smallest absolute Gasteiger partial charge is 0.406 e. The highest BCUT2D eigenvalue weighted by molar-refractivity contribution is 5.91. The van der Waals surface area contributed by atoms with Gasteiger partial charge in [-0.05, 0) is 5.92 Å². The van der Waals surface area contributed by atoms with Crippen LogP contribution in [0, 0.1) is 11.8 Å². The summed E-state index contributed by atoms with van der Waals surface area (Å²) in [6, 6.07) is -1.13. The summed E-state index contributed by atoms with van der Waals surface area (Å²) < 4.78 is 36.8. The number of carboxylic acid groups (broad SMARTS) is 1. The van der Waals surface area contributed by atoms with Crippen molar-refractivity contribution in [1.29, 1.82) is 0 Å². The monoisotopic (exact) mass is 310 g/mol. The van der Waals surface area contributed by atoms with Gasteiger partial charge in [0.1, 0.15) is 12.6 Å². The minimum Gasteiger partial charge on any atom is -0.480 e. The predicted molar refractivity (Wildman–Crippen MR) is 65.1 cm³/mol. The highest BCUT2D eigenvalue weighted by Crippen LogP contribution is 2.24. The van der Waals surface area contributed by atoms with Gasteiger partial charge in [-0.2, -0.15) is 13.2 Å². The second kappa shape index (κ2) is 6.31. The number of halogens is 3. The van der Waals surface area contributed by atoms with Crippen molar-refractivity contribution >= 4 is 17.8 Å². The quantitative estimate of drug-likeness (QED) is 0.779. The molecule has 1 saturated heterocycles. The Balaban J connectivity index is 2.65. The molecule has 2 amide bonds. The molecule has 0 aromatic carbocycles. The number of hydrogen-bond acceptors (Lipinski definition) is 3. The van der Waals surface area contributed by atoms with E-state index in [1.165, 1.54) is 0 Å². The molecule has 2 N–H and O–H groups in total. The standard InChI is InChI=1S/C12H17F3N2O4/c1-6(2)9(11(20)21)16-10(19)7-3-8(18)17(4-7)5-12(13,14)15/h6-7,9H,3-5H2,1-2H3,(H,16,19)(H,20,21)/t7?,9-/m0/s1. The minimum atomic E-state index is -4.53. The molecule has 9 heteroatoms. The number of carbonyl (C=O) groups is 3. The van der Waals surface area contributed by atoms with Gasteiger partial charge < -0.3 is 15.3 Å². The number of hydrogen-bond donors (Lipinski definition) is 2. The Morgan fingerprint density at radius 2 is 2.00 bits per heavy atom. The Kier molecular flexibility index (Phi) is 5.19. The average molecular weight is 310 g/mol. The molecular formula is C12H17F3N2O4. The Hall–Kier alpha value is -1.80. The van der Waals surface area contributed by atoms with E-state index in [-0.39, 0.29) is 18.9 Å². The first-order valence-corrected chi connectivity index (χ1v) is 6.39. The van der Waals surface area contributed by atoms with Gasteiger partial charge in [-0.3, -0.25) is 9.59 Å². The number of carboxylic acids is 1. The van der Waals surface area contributed by atoms with Crippen LogP contribution in [0.4, 0.5) is 13.2 Å². The SMILES string of the molecule is CC(C)[C@H](NC(=O)C1CC(=O)N(CC(F)(F)F)C1)C(=O)O. The lowest BCUT2D eigenvalue weighted by Crippen LogP contribution is -2.47. The first-order chi connectivity index (χ1) is 9.51. The molecule has 1 fully saturated rings. The number of amides is 2. The van der Waals surface area contributed by atoms with Gasteiger partial charge in [-0.25, -0.2) is 4.79 Å². The number of nitrogens with one attached hydrogen (secondary N) is 1. The highest BCUT2D eigenvalue weighted by atomic mass is 19.4. The van der Waals surface area contributed by atoms with Crippen LogP contribution in [0.15, 0.2) is 0 Å². The van der Waals surface area contributed by atoms with Crippen LogP contribution in [-0.4, -0.2) is 53.1 Å². The van der Waals surface area contributed by atoms with Gasteiger partial charge in [0.25, 0.3) is 0 Å². The van der Waals surface area contributed by atoms with Crippen molar-refractivity contribution in [3.63, 3.8) is 0 Å². The summed E-state index contributed by atoms with van der Waals surface area (Å²) in [5, 5.41) is 11.2. The largest absolute Gasteiger partial charge is 0.480 e. The predicted octanol–water partition coefficient (Wildman–Crippen LogP) is 0.623. The third kappa shape index (κ3) is 4.91. The molecule has 6 nitrogen and oxygen atoms in total. The Morgan fingerprint density at radius 3 is 2.43 bits per heavy atom. The molecule has 1 aliphatic heterocycles. The van der Waals surface area contributed by atoms with E-state index in [1.807, 2.05) is 0 Å². The normalized spacial score (nSPS) is 20.8. The number of alkyl halides is 3. The minimum absolute atomic E-state index is 0.341. The van der Waals surface area contributed by atoms with Crippen LogP contribution in [0.1, 0.15) is 20.3 Å². The molecule has 120 valence electrons. The van der Waals surface area contributed by atoms with Gasteiger partial charge in [0.15, 0.2) is 0 Å². The maximum atomic E-state index is 12.3. The topological polar surface area (TPSA) is 86.7 Å². The highest BCUT2D eigenvalue weighted by Gasteiger charge is 2.41. The van der Waals surface area contributed by atoms with Crippen molar-refractivity contribution < 1.29 is 32.7 Å². The zero-order valence-electron chi connectivity index (χ0n) is 11.6. The van der Waals surface area contributed by atoms with Crippen molar-refractivity contribution in [3.05, 3.63) is 0 Å². The van der Waals surface area contributed by atoms with Crippen LogP contribution >= 0.6 is 0 Å². The van der Waals surface area contributed by atoms with E-state index in [9.17, 15) is 27.6 Å². The summed E-state index contributed by atoms with van der Waals surface area (Å²) in [7, 11) is 0. The van der Waals surface area contributed by atoms with E-state index >= 15 is 0 Å². The molecule has 0 aromatic rings. The zero-order valence-corrected chi connectivity index (χ0v) is 11.6.